The maximum Gasteiger partial charge on any atom is -0.0446 e. The quantitative estimate of drug-likeness (QED) is 0.487. The molecule has 2 atom stereocenters. The number of hydrogen-bond acceptors (Lipinski definition) is 0. The summed E-state index contributed by atoms with van der Waals surface area (Å²) in [6.07, 6.45) is 8.46. The zero-order valence-electron chi connectivity index (χ0n) is 9.84. The molecule has 2 unspecified atom stereocenters. The lowest BCUT2D eigenvalue weighted by Gasteiger charge is -2.27. The molecule has 0 rings (SSSR count). The molecule has 1 heteroatoms. The van der Waals surface area contributed by atoms with Crippen LogP contribution in [0.3, 0.4) is 0 Å². The molecule has 0 aromatic heterocycles. The van der Waals surface area contributed by atoms with E-state index in [4.69, 9.17) is 0 Å². The predicted octanol–water partition coefficient (Wildman–Crippen LogP) is 4.95. The van der Waals surface area contributed by atoms with E-state index in [-0.39, 0.29) is 0 Å². The average Bonchev–Trinajstić information content (AvgIpc) is 2.17. The van der Waals surface area contributed by atoms with E-state index < -0.39 is 0 Å². The van der Waals surface area contributed by atoms with Gasteiger partial charge in [-0.2, -0.15) is 12.3 Å². The Morgan fingerprint density at radius 2 is 1.77 bits per heavy atom. The SMILES string of the molecule is CCCCC(CCC(C)CC)[P-]C. The predicted molar refractivity (Wildman–Crippen MR) is 64.8 cm³/mol. The third-order valence-electron chi connectivity index (χ3n) is 2.95. The third-order valence-corrected chi connectivity index (χ3v) is 4.19. The van der Waals surface area contributed by atoms with E-state index in [0.717, 1.165) is 11.6 Å². The van der Waals surface area contributed by atoms with Crippen LogP contribution in [0.2, 0.25) is 0 Å². The highest BCUT2D eigenvalue weighted by Crippen LogP contribution is 2.26. The van der Waals surface area contributed by atoms with Crippen molar-refractivity contribution < 1.29 is 0 Å². The molecule has 0 aliphatic carbocycles. The minimum atomic E-state index is 0.936. The zero-order chi connectivity index (χ0) is 10.1. The van der Waals surface area contributed by atoms with Gasteiger partial charge in [-0.15, -0.1) is 0 Å². The van der Waals surface area contributed by atoms with Crippen LogP contribution < -0.4 is 0 Å². The average molecular weight is 201 g/mol. The van der Waals surface area contributed by atoms with Gasteiger partial charge in [-0.25, -0.2) is 0 Å². The van der Waals surface area contributed by atoms with Crippen LogP contribution >= 0.6 is 8.58 Å². The molecule has 80 valence electrons. The summed E-state index contributed by atoms with van der Waals surface area (Å²) in [5.74, 6) is 0.936. The molecule has 0 aliphatic heterocycles. The van der Waals surface area contributed by atoms with Crippen LogP contribution in [-0.2, 0) is 0 Å². The fourth-order valence-corrected chi connectivity index (χ4v) is 2.37. The Morgan fingerprint density at radius 3 is 2.23 bits per heavy atom. The van der Waals surface area contributed by atoms with Gasteiger partial charge in [0, 0.05) is 0 Å². The molecule has 0 spiro atoms. The van der Waals surface area contributed by atoms with E-state index in [0.29, 0.717) is 0 Å². The largest absolute Gasteiger partial charge is 0.540 e. The first-order valence-corrected chi connectivity index (χ1v) is 7.24. The molecule has 0 aliphatic rings. The van der Waals surface area contributed by atoms with Crippen molar-refractivity contribution in [2.45, 2.75) is 65.0 Å². The van der Waals surface area contributed by atoms with Crippen LogP contribution in [0.1, 0.15) is 59.3 Å². The lowest BCUT2D eigenvalue weighted by atomic mass is 10.00. The van der Waals surface area contributed by atoms with Gasteiger partial charge in [-0.05, 0) is 5.92 Å². The Morgan fingerprint density at radius 1 is 1.08 bits per heavy atom. The summed E-state index contributed by atoms with van der Waals surface area (Å²) in [4.78, 5) is 0. The van der Waals surface area contributed by atoms with Crippen LogP contribution in [0.15, 0.2) is 0 Å². The third kappa shape index (κ3) is 7.50. The molecular formula is C12H26P-. The van der Waals surface area contributed by atoms with Crippen molar-refractivity contribution >= 4 is 8.58 Å². The second-order valence-electron chi connectivity index (χ2n) is 4.15. The Bertz CT molecular complexity index is 101. The van der Waals surface area contributed by atoms with Gasteiger partial charge < -0.3 is 8.58 Å². The van der Waals surface area contributed by atoms with Crippen molar-refractivity contribution in [3.63, 3.8) is 0 Å². The van der Waals surface area contributed by atoms with Gasteiger partial charge in [0.2, 0.25) is 0 Å². The molecule has 0 heterocycles. The summed E-state index contributed by atoms with van der Waals surface area (Å²) in [5, 5.41) is 0. The van der Waals surface area contributed by atoms with E-state index >= 15 is 0 Å². The van der Waals surface area contributed by atoms with Gasteiger partial charge in [-0.1, -0.05) is 59.3 Å². The van der Waals surface area contributed by atoms with Crippen LogP contribution in [0.25, 0.3) is 0 Å². The minimum absolute atomic E-state index is 0.936. The summed E-state index contributed by atoms with van der Waals surface area (Å²) in [6, 6.07) is 0. The van der Waals surface area contributed by atoms with Crippen molar-refractivity contribution in [3.05, 3.63) is 0 Å². The highest BCUT2D eigenvalue weighted by molar-refractivity contribution is 7.37. The molecular weight excluding hydrogens is 175 g/mol. The Hall–Kier alpha value is 0.430. The van der Waals surface area contributed by atoms with Crippen molar-refractivity contribution in [2.75, 3.05) is 6.66 Å². The first-order valence-electron chi connectivity index (χ1n) is 5.83. The van der Waals surface area contributed by atoms with Crippen LogP contribution in [0.4, 0.5) is 0 Å². The van der Waals surface area contributed by atoms with E-state index in [1.54, 1.807) is 8.58 Å². The van der Waals surface area contributed by atoms with Gasteiger partial charge in [0.1, 0.15) is 0 Å². The highest BCUT2D eigenvalue weighted by atomic mass is 31.1. The van der Waals surface area contributed by atoms with E-state index in [1.807, 2.05) is 0 Å². The monoisotopic (exact) mass is 201 g/mol. The molecule has 0 aromatic rings. The van der Waals surface area contributed by atoms with Crippen molar-refractivity contribution in [2.24, 2.45) is 5.92 Å². The topological polar surface area (TPSA) is 0 Å². The number of rotatable bonds is 8. The summed E-state index contributed by atoms with van der Waals surface area (Å²) in [7, 11) is 1.61. The maximum atomic E-state index is 2.38. The normalized spacial score (nSPS) is 16.6. The van der Waals surface area contributed by atoms with E-state index in [2.05, 4.69) is 27.4 Å². The standard InChI is InChI=1S/C12H26P/c1-5-7-8-12(13-4)10-9-11(3)6-2/h11-12H,5-10H2,1-4H3/q-1. The first kappa shape index (κ1) is 13.4. The molecule has 0 aromatic carbocycles. The molecule has 0 N–H and O–H groups in total. The molecule has 13 heavy (non-hydrogen) atoms. The zero-order valence-corrected chi connectivity index (χ0v) is 10.7. The minimum Gasteiger partial charge on any atom is -0.540 e. The first-order chi connectivity index (χ1) is 6.24. The Labute approximate surface area is 86.7 Å². The van der Waals surface area contributed by atoms with Gasteiger partial charge >= 0.3 is 0 Å². The van der Waals surface area contributed by atoms with Crippen LogP contribution in [-0.4, -0.2) is 12.3 Å². The molecule has 0 bridgehead atoms. The fraction of sp³-hybridized carbons (Fsp3) is 1.00. The molecule has 0 radical (unpaired) electrons. The Kier molecular flexibility index (Phi) is 9.30. The van der Waals surface area contributed by atoms with Crippen LogP contribution in [0.5, 0.6) is 0 Å². The fourth-order valence-electron chi connectivity index (χ4n) is 1.52. The van der Waals surface area contributed by atoms with Gasteiger partial charge in [0.05, 0.1) is 0 Å². The summed E-state index contributed by atoms with van der Waals surface area (Å²) in [5.41, 5.74) is 0.981. The molecule has 0 fully saturated rings. The summed E-state index contributed by atoms with van der Waals surface area (Å²) >= 11 is 0. The van der Waals surface area contributed by atoms with E-state index in [9.17, 15) is 0 Å². The van der Waals surface area contributed by atoms with E-state index in [1.165, 1.54) is 38.5 Å². The van der Waals surface area contributed by atoms with Crippen molar-refractivity contribution in [1.82, 2.24) is 0 Å². The summed E-state index contributed by atoms with van der Waals surface area (Å²) < 4.78 is 0. The second kappa shape index (κ2) is 9.00. The van der Waals surface area contributed by atoms with Crippen LogP contribution in [0, 0.1) is 5.92 Å². The maximum absolute atomic E-state index is 2.38. The van der Waals surface area contributed by atoms with Gasteiger partial charge in [0.15, 0.2) is 0 Å². The Balaban J connectivity index is 3.46. The summed E-state index contributed by atoms with van der Waals surface area (Å²) in [6.45, 7) is 9.29. The number of hydrogen-bond donors (Lipinski definition) is 0. The highest BCUT2D eigenvalue weighted by Gasteiger charge is 2.01. The number of unbranched alkanes of at least 4 members (excludes halogenated alkanes) is 1. The van der Waals surface area contributed by atoms with Gasteiger partial charge in [-0.3, -0.25) is 0 Å². The van der Waals surface area contributed by atoms with Gasteiger partial charge in [0.25, 0.3) is 0 Å². The smallest absolute Gasteiger partial charge is 0.0446 e. The molecule has 0 nitrogen and oxygen atoms in total. The lowest BCUT2D eigenvalue weighted by Crippen LogP contribution is -2.03. The molecule has 0 amide bonds. The second-order valence-corrected chi connectivity index (χ2v) is 5.39. The van der Waals surface area contributed by atoms with Crippen molar-refractivity contribution in [1.29, 1.82) is 0 Å². The molecule has 0 saturated carbocycles. The lowest BCUT2D eigenvalue weighted by molar-refractivity contribution is 0.478. The molecule has 0 saturated heterocycles. The van der Waals surface area contributed by atoms with Crippen molar-refractivity contribution in [3.8, 4) is 0 Å².